The third-order valence-electron chi connectivity index (χ3n) is 4.23. The Hall–Kier alpha value is -0.610. The summed E-state index contributed by atoms with van der Waals surface area (Å²) in [5.74, 6) is 1.23. The number of hydrogen-bond donors (Lipinski definition) is 1. The highest BCUT2D eigenvalue weighted by Gasteiger charge is 2.40. The van der Waals surface area contributed by atoms with Crippen molar-refractivity contribution < 1.29 is 4.79 Å². The van der Waals surface area contributed by atoms with Crippen molar-refractivity contribution in [3.05, 3.63) is 0 Å². The molecule has 0 aliphatic carbocycles. The Balaban J connectivity index is 2.69. The van der Waals surface area contributed by atoms with Crippen LogP contribution in [-0.4, -0.2) is 54.1 Å². The number of nitrogens with one attached hydrogen (secondary N) is 1. The predicted octanol–water partition coefficient (Wildman–Crippen LogP) is 2.16. The molecule has 1 aliphatic rings. The number of hydrogen-bond acceptors (Lipinski definition) is 3. The van der Waals surface area contributed by atoms with Gasteiger partial charge in [-0.3, -0.25) is 10.1 Å². The molecule has 0 bridgehead atoms. The Morgan fingerprint density at radius 1 is 1.20 bits per heavy atom. The third kappa shape index (κ3) is 4.45. The summed E-state index contributed by atoms with van der Waals surface area (Å²) in [5.41, 5.74) is 0. The minimum Gasteiger partial charge on any atom is -0.324 e. The van der Waals surface area contributed by atoms with Crippen molar-refractivity contribution in [2.24, 2.45) is 11.8 Å². The number of carbonyl (C=O) groups is 1. The summed E-state index contributed by atoms with van der Waals surface area (Å²) in [6, 6.07) is 0.508. The zero-order valence-corrected chi connectivity index (χ0v) is 14.3. The Morgan fingerprint density at radius 2 is 1.80 bits per heavy atom. The Bertz CT molecular complexity index is 315. The number of carbonyl (C=O) groups excluding carboxylic acids is 1. The first-order valence-electron chi connectivity index (χ1n) is 8.00. The molecule has 1 fully saturated rings. The van der Waals surface area contributed by atoms with E-state index in [-0.39, 0.29) is 18.1 Å². The van der Waals surface area contributed by atoms with Crippen LogP contribution in [0.3, 0.4) is 0 Å². The zero-order valence-electron chi connectivity index (χ0n) is 14.3. The van der Waals surface area contributed by atoms with Gasteiger partial charge in [-0.1, -0.05) is 27.7 Å². The van der Waals surface area contributed by atoms with Crippen molar-refractivity contribution in [3.63, 3.8) is 0 Å². The van der Waals surface area contributed by atoms with Gasteiger partial charge in [0.05, 0.1) is 12.2 Å². The van der Waals surface area contributed by atoms with Gasteiger partial charge in [-0.15, -0.1) is 0 Å². The minimum atomic E-state index is -0.0110. The van der Waals surface area contributed by atoms with Crippen molar-refractivity contribution in [1.29, 1.82) is 0 Å². The van der Waals surface area contributed by atoms with Gasteiger partial charge in [-0.05, 0) is 39.2 Å². The molecule has 2 atom stereocenters. The first-order valence-corrected chi connectivity index (χ1v) is 8.00. The average Bonchev–Trinajstić information content (AvgIpc) is 2.62. The van der Waals surface area contributed by atoms with Crippen LogP contribution >= 0.6 is 0 Å². The normalized spacial score (nSPS) is 23.9. The lowest BCUT2D eigenvalue weighted by Crippen LogP contribution is -2.43. The smallest absolute Gasteiger partial charge is 0.241 e. The quantitative estimate of drug-likeness (QED) is 0.778. The van der Waals surface area contributed by atoms with Gasteiger partial charge >= 0.3 is 0 Å². The molecule has 4 heteroatoms. The van der Waals surface area contributed by atoms with Crippen LogP contribution in [0.1, 0.15) is 48.0 Å². The molecular formula is C16H33N3O. The molecule has 0 aromatic heterocycles. The van der Waals surface area contributed by atoms with Crippen LogP contribution in [-0.2, 0) is 4.79 Å². The molecule has 20 heavy (non-hydrogen) atoms. The predicted molar refractivity (Wildman–Crippen MR) is 84.5 cm³/mol. The monoisotopic (exact) mass is 283 g/mol. The van der Waals surface area contributed by atoms with Crippen LogP contribution in [0.15, 0.2) is 0 Å². The van der Waals surface area contributed by atoms with Crippen LogP contribution in [0.2, 0.25) is 0 Å². The lowest BCUT2D eigenvalue weighted by molar-refractivity contribution is -0.131. The van der Waals surface area contributed by atoms with Crippen molar-refractivity contribution in [1.82, 2.24) is 15.1 Å². The molecule has 0 aromatic rings. The third-order valence-corrected chi connectivity index (χ3v) is 4.23. The Labute approximate surface area is 124 Å². The van der Waals surface area contributed by atoms with Crippen LogP contribution < -0.4 is 5.32 Å². The van der Waals surface area contributed by atoms with Crippen molar-refractivity contribution in [2.45, 2.75) is 66.2 Å². The molecule has 1 amide bonds. The van der Waals surface area contributed by atoms with Gasteiger partial charge in [-0.25, -0.2) is 0 Å². The number of likely N-dealkylation sites (N-methyl/N-ethyl adjacent to an activating group) is 1. The fourth-order valence-corrected chi connectivity index (χ4v) is 2.61. The van der Waals surface area contributed by atoms with E-state index >= 15 is 0 Å². The summed E-state index contributed by atoms with van der Waals surface area (Å²) in [4.78, 5) is 16.9. The second-order valence-electron chi connectivity index (χ2n) is 7.14. The summed E-state index contributed by atoms with van der Waals surface area (Å²) < 4.78 is 0. The fraction of sp³-hybridized carbons (Fsp3) is 0.938. The van der Waals surface area contributed by atoms with E-state index in [1.165, 1.54) is 0 Å². The minimum absolute atomic E-state index is 0.0110. The molecule has 118 valence electrons. The molecule has 1 N–H and O–H groups in total. The van der Waals surface area contributed by atoms with E-state index in [1.807, 2.05) is 0 Å². The van der Waals surface area contributed by atoms with Crippen LogP contribution in [0, 0.1) is 11.8 Å². The molecule has 1 saturated heterocycles. The van der Waals surface area contributed by atoms with Gasteiger partial charge in [0.1, 0.15) is 0 Å². The highest BCUT2D eigenvalue weighted by Crippen LogP contribution is 2.21. The summed E-state index contributed by atoms with van der Waals surface area (Å²) in [6.07, 6.45) is 1.23. The van der Waals surface area contributed by atoms with Gasteiger partial charge in [0.15, 0.2) is 0 Å². The summed E-state index contributed by atoms with van der Waals surface area (Å²) in [7, 11) is 2.12. The molecule has 4 nitrogen and oxygen atoms in total. The second-order valence-corrected chi connectivity index (χ2v) is 7.14. The molecule has 1 aliphatic heterocycles. The van der Waals surface area contributed by atoms with Crippen molar-refractivity contribution in [2.75, 3.05) is 20.1 Å². The lowest BCUT2D eigenvalue weighted by Gasteiger charge is -2.29. The van der Waals surface area contributed by atoms with Crippen LogP contribution in [0.4, 0.5) is 0 Å². The van der Waals surface area contributed by atoms with Crippen molar-refractivity contribution in [3.8, 4) is 0 Å². The van der Waals surface area contributed by atoms with E-state index in [9.17, 15) is 4.79 Å². The van der Waals surface area contributed by atoms with Gasteiger partial charge in [-0.2, -0.15) is 0 Å². The summed E-state index contributed by atoms with van der Waals surface area (Å²) in [5, 5.41) is 3.53. The number of amides is 1. The molecule has 1 rings (SSSR count). The SMILES string of the molecule is CC(C)CC1NC(C(C)C)C(=O)N1CCN(C)C(C)C. The molecule has 0 spiro atoms. The molecule has 0 aromatic carbocycles. The van der Waals surface area contributed by atoms with E-state index in [1.54, 1.807) is 0 Å². The standard InChI is InChI=1S/C16H33N3O/c1-11(2)10-14-17-15(12(3)4)16(20)19(14)9-8-18(7)13(5)6/h11-15,17H,8-10H2,1-7H3. The fourth-order valence-electron chi connectivity index (χ4n) is 2.61. The van der Waals surface area contributed by atoms with E-state index in [0.29, 0.717) is 17.9 Å². The van der Waals surface area contributed by atoms with E-state index in [2.05, 4.69) is 63.7 Å². The first-order chi connectivity index (χ1) is 9.23. The van der Waals surface area contributed by atoms with E-state index in [4.69, 9.17) is 0 Å². The number of nitrogens with zero attached hydrogens (tertiary/aromatic N) is 2. The van der Waals surface area contributed by atoms with Crippen molar-refractivity contribution >= 4 is 5.91 Å². The maximum atomic E-state index is 12.6. The maximum absolute atomic E-state index is 12.6. The van der Waals surface area contributed by atoms with Gasteiger partial charge in [0, 0.05) is 19.1 Å². The Morgan fingerprint density at radius 3 is 2.25 bits per heavy atom. The molecule has 0 saturated carbocycles. The van der Waals surface area contributed by atoms with E-state index < -0.39 is 0 Å². The molecule has 1 heterocycles. The average molecular weight is 283 g/mol. The molecular weight excluding hydrogens is 250 g/mol. The Kier molecular flexibility index (Phi) is 6.46. The lowest BCUT2D eigenvalue weighted by atomic mass is 10.0. The summed E-state index contributed by atoms with van der Waals surface area (Å²) >= 11 is 0. The largest absolute Gasteiger partial charge is 0.324 e. The molecule has 2 unspecified atom stereocenters. The van der Waals surface area contributed by atoms with E-state index in [0.717, 1.165) is 19.5 Å². The van der Waals surface area contributed by atoms with Gasteiger partial charge in [0.2, 0.25) is 5.91 Å². The van der Waals surface area contributed by atoms with Gasteiger partial charge < -0.3 is 9.80 Å². The summed E-state index contributed by atoms with van der Waals surface area (Å²) in [6.45, 7) is 14.8. The topological polar surface area (TPSA) is 35.6 Å². The first kappa shape index (κ1) is 17.4. The van der Waals surface area contributed by atoms with Gasteiger partial charge in [0.25, 0.3) is 0 Å². The molecule has 0 radical (unpaired) electrons. The van der Waals surface area contributed by atoms with Crippen LogP contribution in [0.25, 0.3) is 0 Å². The highest BCUT2D eigenvalue weighted by atomic mass is 16.2. The maximum Gasteiger partial charge on any atom is 0.241 e. The number of rotatable bonds is 7. The highest BCUT2D eigenvalue weighted by molar-refractivity contribution is 5.84. The van der Waals surface area contributed by atoms with Crippen LogP contribution in [0.5, 0.6) is 0 Å². The zero-order chi connectivity index (χ0) is 15.4. The second kappa shape index (κ2) is 7.41.